The molecule has 150 valence electrons. The lowest BCUT2D eigenvalue weighted by atomic mass is 10.1. The molecule has 1 aromatic heterocycles. The van der Waals surface area contributed by atoms with E-state index in [1.165, 1.54) is 43.4 Å². The Morgan fingerprint density at radius 2 is 1.85 bits per heavy atom. The minimum Gasteiger partial charge on any atom is -0.475 e. The Labute approximate surface area is 156 Å². The van der Waals surface area contributed by atoms with Gasteiger partial charge >= 0.3 is 12.1 Å². The molecule has 0 spiro atoms. The normalized spacial score (nSPS) is 17.1. The number of aliphatic carboxylic acids is 1. The average Bonchev–Trinajstić information content (AvgIpc) is 2.87. The Balaban J connectivity index is 0.000000321. The molecule has 1 aliphatic carbocycles. The van der Waals surface area contributed by atoms with E-state index in [2.05, 4.69) is 21.7 Å². The van der Waals surface area contributed by atoms with E-state index in [-0.39, 0.29) is 0 Å². The van der Waals surface area contributed by atoms with Crippen molar-refractivity contribution in [2.24, 2.45) is 0 Å². The fraction of sp³-hybridized carbons (Fsp3) is 0.611. The first-order valence-corrected chi connectivity index (χ1v) is 9.13. The highest BCUT2D eigenvalue weighted by molar-refractivity contribution is 5.73. The predicted molar refractivity (Wildman–Crippen MR) is 95.7 cm³/mol. The quantitative estimate of drug-likeness (QED) is 0.547. The molecule has 1 saturated heterocycles. The third kappa shape index (κ3) is 7.54. The van der Waals surface area contributed by atoms with Gasteiger partial charge in [0.05, 0.1) is 0 Å². The maximum Gasteiger partial charge on any atom is 0.490 e. The molecule has 2 heterocycles. The minimum atomic E-state index is -5.08. The fourth-order valence-corrected chi connectivity index (χ4v) is 2.98. The van der Waals surface area contributed by atoms with Crippen molar-refractivity contribution in [1.29, 1.82) is 0 Å². The highest BCUT2D eigenvalue weighted by Crippen LogP contribution is 2.19. The smallest absolute Gasteiger partial charge is 0.475 e. The highest BCUT2D eigenvalue weighted by Gasteiger charge is 2.38. The molecule has 27 heavy (non-hydrogen) atoms. The van der Waals surface area contributed by atoms with E-state index in [1.807, 2.05) is 6.20 Å². The average molecular weight is 386 g/mol. The summed E-state index contributed by atoms with van der Waals surface area (Å²) >= 11 is 0. The van der Waals surface area contributed by atoms with E-state index in [1.54, 1.807) is 5.57 Å². The molecule has 3 N–H and O–H groups in total. The van der Waals surface area contributed by atoms with Gasteiger partial charge in [0.25, 0.3) is 0 Å². The Bertz CT molecular complexity index is 654. The first-order chi connectivity index (χ1) is 12.9. The van der Waals surface area contributed by atoms with Crippen molar-refractivity contribution >= 4 is 11.9 Å². The van der Waals surface area contributed by atoms with E-state index in [4.69, 9.17) is 14.9 Å². The number of aryl methyl sites for hydroxylation is 2. The third-order valence-electron chi connectivity index (χ3n) is 4.45. The first-order valence-electron chi connectivity index (χ1n) is 9.13. The fourth-order valence-electron chi connectivity index (χ4n) is 2.98. The number of hydrogen-bond acceptors (Lipinski definition) is 5. The Kier molecular flexibility index (Phi) is 8.02. The van der Waals surface area contributed by atoms with Crippen LogP contribution in [0.2, 0.25) is 0 Å². The van der Waals surface area contributed by atoms with Crippen LogP contribution < -0.4 is 10.6 Å². The summed E-state index contributed by atoms with van der Waals surface area (Å²) in [7, 11) is 0. The molecule has 0 amide bonds. The number of piperidine rings is 1. The third-order valence-corrected chi connectivity index (χ3v) is 4.45. The molecule has 0 aromatic carbocycles. The summed E-state index contributed by atoms with van der Waals surface area (Å²) in [6.07, 6.45) is 7.71. The molecule has 1 aliphatic heterocycles. The number of carbonyl (C=O) groups is 1. The summed E-state index contributed by atoms with van der Waals surface area (Å²) in [4.78, 5) is 18.0. The number of nitrogens with one attached hydrogen (secondary N) is 2. The van der Waals surface area contributed by atoms with Gasteiger partial charge in [-0.3, -0.25) is 0 Å². The van der Waals surface area contributed by atoms with E-state index < -0.39 is 12.1 Å². The van der Waals surface area contributed by atoms with Gasteiger partial charge in [0, 0.05) is 18.4 Å². The van der Waals surface area contributed by atoms with E-state index in [0.717, 1.165) is 38.4 Å². The molecule has 3 rings (SSSR count). The largest absolute Gasteiger partial charge is 0.490 e. The first kappa shape index (κ1) is 21.1. The number of anilines is 1. The van der Waals surface area contributed by atoms with Crippen molar-refractivity contribution in [3.63, 3.8) is 0 Å². The Morgan fingerprint density at radius 1 is 1.19 bits per heavy atom. The molecule has 0 unspecified atom stereocenters. The van der Waals surface area contributed by atoms with Crippen molar-refractivity contribution in [3.8, 4) is 0 Å². The number of carboxylic acids is 1. The molecule has 6 nitrogen and oxygen atoms in total. The molecular formula is C18H25F3N4O2. The summed E-state index contributed by atoms with van der Waals surface area (Å²) < 4.78 is 31.7. The van der Waals surface area contributed by atoms with Gasteiger partial charge in [-0.25, -0.2) is 14.8 Å². The number of fused-ring (bicyclic) bond motifs is 1. The lowest BCUT2D eigenvalue weighted by Gasteiger charge is -2.15. The van der Waals surface area contributed by atoms with Crippen molar-refractivity contribution in [2.75, 3.05) is 25.0 Å². The van der Waals surface area contributed by atoms with Crippen LogP contribution in [-0.4, -0.2) is 46.9 Å². The van der Waals surface area contributed by atoms with Crippen LogP contribution >= 0.6 is 0 Å². The molecule has 2 aliphatic rings. The molecule has 9 heteroatoms. The topological polar surface area (TPSA) is 87.1 Å². The van der Waals surface area contributed by atoms with Crippen LogP contribution in [-0.2, 0) is 17.6 Å². The van der Waals surface area contributed by atoms with Crippen LogP contribution in [0.15, 0.2) is 17.8 Å². The van der Waals surface area contributed by atoms with Gasteiger partial charge in [-0.1, -0.05) is 18.1 Å². The number of nitrogens with zero attached hydrogens (tertiary/aromatic N) is 2. The van der Waals surface area contributed by atoms with Gasteiger partial charge in [-0.05, 0) is 57.2 Å². The van der Waals surface area contributed by atoms with Crippen LogP contribution in [0.25, 0.3) is 0 Å². The number of rotatable bonds is 3. The number of halogens is 3. The number of aromatic nitrogens is 2. The summed E-state index contributed by atoms with van der Waals surface area (Å²) in [5.41, 5.74) is 4.16. The van der Waals surface area contributed by atoms with Gasteiger partial charge in [0.1, 0.15) is 0 Å². The molecular weight excluding hydrogens is 361 g/mol. The standard InChI is InChI=1S/C16H24N4.C2HF3O2/c1-2-4-14-12-19-16(20-15(14)5-3-1)18-11-8-13-6-9-17-10-7-13;3-2(4,5)1(6)7/h8,12,17H,1-7,9-11H2,(H,18,19,20);(H,6,7). The summed E-state index contributed by atoms with van der Waals surface area (Å²) in [6.45, 7) is 3.07. The van der Waals surface area contributed by atoms with Crippen molar-refractivity contribution in [1.82, 2.24) is 15.3 Å². The Morgan fingerprint density at radius 3 is 2.52 bits per heavy atom. The van der Waals surface area contributed by atoms with Crippen LogP contribution in [0.4, 0.5) is 19.1 Å². The molecule has 0 bridgehead atoms. The van der Waals surface area contributed by atoms with Gasteiger partial charge < -0.3 is 15.7 Å². The predicted octanol–water partition coefficient (Wildman–Crippen LogP) is 3.10. The van der Waals surface area contributed by atoms with Crippen molar-refractivity contribution in [3.05, 3.63) is 29.1 Å². The van der Waals surface area contributed by atoms with E-state index >= 15 is 0 Å². The number of alkyl halides is 3. The summed E-state index contributed by atoms with van der Waals surface area (Å²) in [5, 5.41) is 13.8. The lowest BCUT2D eigenvalue weighted by molar-refractivity contribution is -0.192. The van der Waals surface area contributed by atoms with E-state index in [9.17, 15) is 13.2 Å². The second-order valence-electron chi connectivity index (χ2n) is 6.52. The lowest BCUT2D eigenvalue weighted by Crippen LogP contribution is -2.23. The minimum absolute atomic E-state index is 0.788. The number of hydrogen-bond donors (Lipinski definition) is 3. The maximum absolute atomic E-state index is 10.6. The number of carboxylic acid groups (broad SMARTS) is 1. The second-order valence-corrected chi connectivity index (χ2v) is 6.52. The highest BCUT2D eigenvalue weighted by atomic mass is 19.4. The van der Waals surface area contributed by atoms with E-state index in [0.29, 0.717) is 0 Å². The molecule has 1 aromatic rings. The zero-order chi connectivity index (χ0) is 19.7. The summed E-state index contributed by atoms with van der Waals surface area (Å²) in [5.74, 6) is -1.97. The van der Waals surface area contributed by atoms with Crippen molar-refractivity contribution < 1.29 is 23.1 Å². The van der Waals surface area contributed by atoms with Gasteiger partial charge in [-0.2, -0.15) is 13.2 Å². The van der Waals surface area contributed by atoms with Crippen LogP contribution in [0.3, 0.4) is 0 Å². The van der Waals surface area contributed by atoms with Crippen LogP contribution in [0.1, 0.15) is 43.4 Å². The second kappa shape index (κ2) is 10.2. The molecule has 0 radical (unpaired) electrons. The molecule has 0 saturated carbocycles. The van der Waals surface area contributed by atoms with Crippen LogP contribution in [0.5, 0.6) is 0 Å². The Hall–Kier alpha value is -2.16. The maximum atomic E-state index is 10.6. The zero-order valence-electron chi connectivity index (χ0n) is 15.1. The molecule has 0 atom stereocenters. The monoisotopic (exact) mass is 386 g/mol. The zero-order valence-corrected chi connectivity index (χ0v) is 15.1. The summed E-state index contributed by atoms with van der Waals surface area (Å²) in [6, 6.07) is 0. The van der Waals surface area contributed by atoms with Gasteiger partial charge in [0.15, 0.2) is 0 Å². The van der Waals surface area contributed by atoms with Gasteiger partial charge in [0.2, 0.25) is 5.95 Å². The van der Waals surface area contributed by atoms with Gasteiger partial charge in [-0.15, -0.1) is 0 Å². The molecule has 1 fully saturated rings. The SMILES string of the molecule is C(CNc1ncc2c(n1)CCCCC2)=C1CCNCC1.O=C(O)C(F)(F)F. The van der Waals surface area contributed by atoms with Crippen LogP contribution in [0, 0.1) is 0 Å². The van der Waals surface area contributed by atoms with Crippen molar-refractivity contribution in [2.45, 2.75) is 51.1 Å².